The molecule has 6 heteroatoms. The maximum atomic E-state index is 14.1. The van der Waals surface area contributed by atoms with Gasteiger partial charge in [0.2, 0.25) is 0 Å². The molecule has 0 aliphatic heterocycles. The Morgan fingerprint density at radius 3 is 2.89 bits per heavy atom. The molecule has 0 saturated carbocycles. The van der Waals surface area contributed by atoms with E-state index in [-0.39, 0.29) is 11.6 Å². The molecule has 0 spiro atoms. The van der Waals surface area contributed by atoms with E-state index in [0.29, 0.717) is 17.9 Å². The number of nitrogens with zero attached hydrogens (tertiary/aromatic N) is 3. The maximum Gasteiger partial charge on any atom is 0.170 e. The lowest BCUT2D eigenvalue weighted by atomic mass is 10.2. The van der Waals surface area contributed by atoms with E-state index in [9.17, 15) is 4.39 Å². The highest BCUT2D eigenvalue weighted by atomic mass is 19.1. The molecule has 2 aromatic rings. The molecule has 0 atom stereocenters. The highest BCUT2D eigenvalue weighted by Gasteiger charge is 2.13. The van der Waals surface area contributed by atoms with E-state index < -0.39 is 0 Å². The molecule has 0 fully saturated rings. The van der Waals surface area contributed by atoms with Gasteiger partial charge in [-0.15, -0.1) is 5.10 Å². The zero-order chi connectivity index (χ0) is 13.8. The van der Waals surface area contributed by atoms with Crippen LogP contribution in [-0.4, -0.2) is 22.1 Å². The lowest BCUT2D eigenvalue weighted by Crippen LogP contribution is -2.09. The molecule has 0 saturated heterocycles. The minimum atomic E-state index is -0.374. The summed E-state index contributed by atoms with van der Waals surface area (Å²) in [4.78, 5) is 0. The van der Waals surface area contributed by atoms with Crippen molar-refractivity contribution in [2.75, 3.05) is 12.8 Å². The largest absolute Gasteiger partial charge is 0.494 e. The number of anilines is 1. The Bertz CT molecular complexity index is 568. The smallest absolute Gasteiger partial charge is 0.170 e. The van der Waals surface area contributed by atoms with Gasteiger partial charge in [0.1, 0.15) is 0 Å². The second-order valence-electron chi connectivity index (χ2n) is 4.26. The summed E-state index contributed by atoms with van der Waals surface area (Å²) >= 11 is 0. The first kappa shape index (κ1) is 13.3. The Kier molecular flexibility index (Phi) is 3.99. The van der Waals surface area contributed by atoms with Gasteiger partial charge in [-0.3, -0.25) is 0 Å². The molecule has 0 aliphatic rings. The third-order valence-corrected chi connectivity index (χ3v) is 2.94. The summed E-state index contributed by atoms with van der Waals surface area (Å²) in [5.41, 5.74) is 7.10. The van der Waals surface area contributed by atoms with E-state index in [2.05, 4.69) is 10.3 Å². The molecular formula is C13H17FN4O. The van der Waals surface area contributed by atoms with Crippen molar-refractivity contribution in [1.29, 1.82) is 0 Å². The molecule has 2 N–H and O–H groups in total. The van der Waals surface area contributed by atoms with Crippen molar-refractivity contribution in [3.05, 3.63) is 35.3 Å². The highest BCUT2D eigenvalue weighted by Crippen LogP contribution is 2.21. The van der Waals surface area contributed by atoms with Gasteiger partial charge >= 0.3 is 0 Å². The molecule has 0 unspecified atom stereocenters. The van der Waals surface area contributed by atoms with Crippen LogP contribution in [-0.2, 0) is 13.0 Å². The van der Waals surface area contributed by atoms with Gasteiger partial charge in [0, 0.05) is 5.56 Å². The molecule has 0 aliphatic carbocycles. The monoisotopic (exact) mass is 264 g/mol. The summed E-state index contributed by atoms with van der Waals surface area (Å²) in [7, 11) is 1.44. The first-order valence-electron chi connectivity index (χ1n) is 6.16. The number of aromatic nitrogens is 3. The lowest BCUT2D eigenvalue weighted by Gasteiger charge is -2.09. The van der Waals surface area contributed by atoms with Crippen LogP contribution in [0.15, 0.2) is 18.2 Å². The molecule has 102 valence electrons. The third kappa shape index (κ3) is 2.67. The molecule has 1 aromatic carbocycles. The van der Waals surface area contributed by atoms with Crippen molar-refractivity contribution in [1.82, 2.24) is 15.0 Å². The van der Waals surface area contributed by atoms with Crippen LogP contribution < -0.4 is 10.5 Å². The van der Waals surface area contributed by atoms with Crippen LogP contribution in [0.25, 0.3) is 0 Å². The number of nitrogens with two attached hydrogens (primary N) is 1. The Morgan fingerprint density at radius 1 is 1.42 bits per heavy atom. The average Bonchev–Trinajstić information content (AvgIpc) is 2.74. The summed E-state index contributed by atoms with van der Waals surface area (Å²) in [5.74, 6) is 0.259. The van der Waals surface area contributed by atoms with Crippen molar-refractivity contribution in [3.63, 3.8) is 0 Å². The first-order valence-corrected chi connectivity index (χ1v) is 6.16. The van der Waals surface area contributed by atoms with E-state index in [0.717, 1.165) is 18.5 Å². The molecule has 1 heterocycles. The van der Waals surface area contributed by atoms with Crippen LogP contribution >= 0.6 is 0 Å². The van der Waals surface area contributed by atoms with Crippen molar-refractivity contribution in [2.24, 2.45) is 0 Å². The van der Waals surface area contributed by atoms with Crippen LogP contribution in [0, 0.1) is 5.82 Å². The number of nitrogen functional groups attached to an aromatic ring is 1. The lowest BCUT2D eigenvalue weighted by molar-refractivity contribution is 0.383. The molecule has 0 amide bonds. The summed E-state index contributed by atoms with van der Waals surface area (Å²) in [6.45, 7) is 2.34. The first-order chi connectivity index (χ1) is 9.17. The van der Waals surface area contributed by atoms with E-state index in [4.69, 9.17) is 10.5 Å². The van der Waals surface area contributed by atoms with Crippen LogP contribution in [0.1, 0.15) is 24.6 Å². The molecule has 2 rings (SSSR count). The van der Waals surface area contributed by atoms with Gasteiger partial charge in [-0.1, -0.05) is 30.7 Å². The number of ether oxygens (including phenoxy) is 1. The number of methoxy groups -OCH3 is 1. The highest BCUT2D eigenvalue weighted by molar-refractivity contribution is 5.35. The standard InChI is InChI=1S/C13H17FN4O/c1-3-5-10-13(15)16-17-18(10)8-9-6-4-7-11(19-2)12(9)14/h4,6-7H,3,5,8,15H2,1-2H3. The fraction of sp³-hybridized carbons (Fsp3) is 0.385. The predicted molar refractivity (Wildman–Crippen MR) is 70.5 cm³/mol. The normalized spacial score (nSPS) is 10.7. The van der Waals surface area contributed by atoms with E-state index >= 15 is 0 Å². The van der Waals surface area contributed by atoms with Crippen molar-refractivity contribution >= 4 is 5.82 Å². The van der Waals surface area contributed by atoms with E-state index in [1.165, 1.54) is 7.11 Å². The maximum absolute atomic E-state index is 14.1. The summed E-state index contributed by atoms with van der Waals surface area (Å²) < 4.78 is 20.7. The second kappa shape index (κ2) is 5.69. The van der Waals surface area contributed by atoms with Crippen LogP contribution in [0.4, 0.5) is 10.2 Å². The van der Waals surface area contributed by atoms with E-state index in [1.54, 1.807) is 22.9 Å². The van der Waals surface area contributed by atoms with Gasteiger partial charge in [0.05, 0.1) is 19.3 Å². The van der Waals surface area contributed by atoms with Gasteiger partial charge in [-0.2, -0.15) is 0 Å². The molecule has 19 heavy (non-hydrogen) atoms. The Hall–Kier alpha value is -2.11. The third-order valence-electron chi connectivity index (χ3n) is 2.94. The van der Waals surface area contributed by atoms with Crippen LogP contribution in [0.3, 0.4) is 0 Å². The zero-order valence-corrected chi connectivity index (χ0v) is 11.1. The average molecular weight is 264 g/mol. The predicted octanol–water partition coefficient (Wildman–Crippen LogP) is 2.01. The minimum Gasteiger partial charge on any atom is -0.494 e. The van der Waals surface area contributed by atoms with Crippen molar-refractivity contribution in [3.8, 4) is 5.75 Å². The molecule has 0 bridgehead atoms. The van der Waals surface area contributed by atoms with Gasteiger partial charge < -0.3 is 10.5 Å². The van der Waals surface area contributed by atoms with Crippen LogP contribution in [0.5, 0.6) is 5.75 Å². The number of hydrogen-bond donors (Lipinski definition) is 1. The summed E-state index contributed by atoms with van der Waals surface area (Å²) in [6.07, 6.45) is 1.70. The second-order valence-corrected chi connectivity index (χ2v) is 4.26. The number of hydrogen-bond acceptors (Lipinski definition) is 4. The van der Waals surface area contributed by atoms with E-state index in [1.807, 2.05) is 6.92 Å². The van der Waals surface area contributed by atoms with Gasteiger partial charge in [-0.25, -0.2) is 9.07 Å². The van der Waals surface area contributed by atoms with Crippen molar-refractivity contribution < 1.29 is 9.13 Å². The van der Waals surface area contributed by atoms with Gasteiger partial charge in [0.25, 0.3) is 0 Å². The van der Waals surface area contributed by atoms with Gasteiger partial charge in [0.15, 0.2) is 17.4 Å². The Labute approximate surface area is 111 Å². The fourth-order valence-electron chi connectivity index (χ4n) is 1.96. The Morgan fingerprint density at radius 2 is 2.21 bits per heavy atom. The molecular weight excluding hydrogens is 247 g/mol. The molecule has 0 radical (unpaired) electrons. The zero-order valence-electron chi connectivity index (χ0n) is 11.1. The molecule has 1 aromatic heterocycles. The number of halogens is 1. The summed E-state index contributed by atoms with van der Waals surface area (Å²) in [5, 5.41) is 7.80. The van der Waals surface area contributed by atoms with Crippen LogP contribution in [0.2, 0.25) is 0 Å². The fourth-order valence-corrected chi connectivity index (χ4v) is 1.96. The summed E-state index contributed by atoms with van der Waals surface area (Å²) in [6, 6.07) is 5.03. The topological polar surface area (TPSA) is 66.0 Å². The molecule has 5 nitrogen and oxygen atoms in total. The quantitative estimate of drug-likeness (QED) is 0.897. The van der Waals surface area contributed by atoms with Gasteiger partial charge in [-0.05, 0) is 12.5 Å². The number of rotatable bonds is 5. The van der Waals surface area contributed by atoms with Crippen molar-refractivity contribution in [2.45, 2.75) is 26.3 Å². The SMILES string of the molecule is CCCc1c(N)nnn1Cc1cccc(OC)c1F. The minimum absolute atomic E-state index is 0.225. The Balaban J connectivity index is 2.31. The number of benzene rings is 1.